The molecule has 0 unspecified atom stereocenters. The van der Waals surface area contributed by atoms with Crippen molar-refractivity contribution in [2.75, 3.05) is 38.2 Å². The number of methoxy groups -OCH3 is 1. The van der Waals surface area contributed by atoms with Crippen LogP contribution in [0.25, 0.3) is 0 Å². The summed E-state index contributed by atoms with van der Waals surface area (Å²) in [4.78, 5) is 17.4. The molecule has 35 heavy (non-hydrogen) atoms. The van der Waals surface area contributed by atoms with Crippen molar-refractivity contribution < 1.29 is 14.3 Å². The predicted molar refractivity (Wildman–Crippen MR) is 143 cm³/mol. The van der Waals surface area contributed by atoms with Crippen LogP contribution in [0.1, 0.15) is 35.7 Å². The summed E-state index contributed by atoms with van der Waals surface area (Å²) in [6, 6.07) is 16.6. The number of carbonyl (C=O) groups excluding carboxylic acids is 1. The first-order valence-electron chi connectivity index (χ1n) is 11.4. The highest BCUT2D eigenvalue weighted by atomic mass is 35.5. The maximum atomic E-state index is 13.3. The minimum Gasteiger partial charge on any atom is -0.496 e. The number of ether oxygens (including phenoxy) is 2. The average molecular weight is 534 g/mol. The van der Waals surface area contributed by atoms with Gasteiger partial charge in [0.2, 0.25) is 0 Å². The molecule has 0 radical (unpaired) electrons. The van der Waals surface area contributed by atoms with Gasteiger partial charge in [0.05, 0.1) is 22.7 Å². The Bertz CT molecular complexity index is 1210. The number of piperazine rings is 1. The van der Waals surface area contributed by atoms with E-state index >= 15 is 0 Å². The van der Waals surface area contributed by atoms with Crippen molar-refractivity contribution in [1.29, 1.82) is 0 Å². The number of halogens is 3. The van der Waals surface area contributed by atoms with Crippen molar-refractivity contribution >= 4 is 46.4 Å². The van der Waals surface area contributed by atoms with Gasteiger partial charge in [-0.3, -0.25) is 4.79 Å². The summed E-state index contributed by atoms with van der Waals surface area (Å²) in [5.74, 6) is 1.70. The summed E-state index contributed by atoms with van der Waals surface area (Å²) in [5.41, 5.74) is 2.45. The molecule has 8 heteroatoms. The van der Waals surface area contributed by atoms with Crippen LogP contribution in [-0.2, 0) is 0 Å². The van der Waals surface area contributed by atoms with Crippen molar-refractivity contribution in [3.05, 3.63) is 80.8 Å². The van der Waals surface area contributed by atoms with Gasteiger partial charge in [-0.15, -0.1) is 0 Å². The Morgan fingerprint density at radius 3 is 2.23 bits per heavy atom. The first-order chi connectivity index (χ1) is 16.8. The first-order valence-corrected chi connectivity index (χ1v) is 12.6. The molecule has 1 saturated heterocycles. The van der Waals surface area contributed by atoms with Crippen LogP contribution in [0.3, 0.4) is 0 Å². The smallest absolute Gasteiger partial charge is 0.255 e. The van der Waals surface area contributed by atoms with Crippen molar-refractivity contribution in [3.8, 4) is 17.2 Å². The second-order valence-electron chi connectivity index (χ2n) is 8.65. The van der Waals surface area contributed by atoms with Gasteiger partial charge >= 0.3 is 0 Å². The molecule has 5 nitrogen and oxygen atoms in total. The highest BCUT2D eigenvalue weighted by Crippen LogP contribution is 2.40. The van der Waals surface area contributed by atoms with E-state index in [4.69, 9.17) is 44.3 Å². The summed E-state index contributed by atoms with van der Waals surface area (Å²) >= 11 is 19.1. The lowest BCUT2D eigenvalue weighted by Crippen LogP contribution is -2.48. The molecular formula is C27H27Cl3N2O3. The van der Waals surface area contributed by atoms with E-state index in [9.17, 15) is 4.79 Å². The Hall–Kier alpha value is -2.60. The lowest BCUT2D eigenvalue weighted by molar-refractivity contribution is 0.0746. The topological polar surface area (TPSA) is 42.0 Å². The molecule has 1 aliphatic heterocycles. The van der Waals surface area contributed by atoms with Gasteiger partial charge in [0.1, 0.15) is 11.5 Å². The zero-order valence-corrected chi connectivity index (χ0v) is 22.1. The van der Waals surface area contributed by atoms with Gasteiger partial charge in [0, 0.05) is 42.5 Å². The zero-order valence-electron chi connectivity index (χ0n) is 19.9. The van der Waals surface area contributed by atoms with E-state index in [0.29, 0.717) is 47.5 Å². The van der Waals surface area contributed by atoms with Gasteiger partial charge in [-0.1, -0.05) is 48.7 Å². The van der Waals surface area contributed by atoms with E-state index in [1.807, 2.05) is 36.4 Å². The third kappa shape index (κ3) is 5.64. The molecule has 184 valence electrons. The Morgan fingerprint density at radius 2 is 1.60 bits per heavy atom. The summed E-state index contributed by atoms with van der Waals surface area (Å²) in [6.45, 7) is 6.73. The zero-order chi connectivity index (χ0) is 25.1. The Labute approximate surface area is 221 Å². The number of hydrogen-bond donors (Lipinski definition) is 0. The highest BCUT2D eigenvalue weighted by Gasteiger charge is 2.26. The molecule has 0 aromatic heterocycles. The molecule has 1 aliphatic rings. The van der Waals surface area contributed by atoms with E-state index in [2.05, 4.69) is 18.7 Å². The first kappa shape index (κ1) is 25.5. The number of hydrogen-bond acceptors (Lipinski definition) is 4. The molecule has 1 fully saturated rings. The van der Waals surface area contributed by atoms with Crippen LogP contribution in [-0.4, -0.2) is 44.1 Å². The molecule has 1 heterocycles. The second-order valence-corrected chi connectivity index (χ2v) is 9.88. The van der Waals surface area contributed by atoms with Gasteiger partial charge in [0.25, 0.3) is 5.91 Å². The standard InChI is InChI=1S/C27H27Cl3N2O3/c1-17(2)22-16-20(8-11-24(22)34-3)35-26-23(29)10-9-21(25(26)30)27(33)32-14-12-31(13-15-32)19-6-4-18(28)5-7-19/h4-11,16-17H,12-15H2,1-3H3. The molecule has 4 rings (SSSR count). The minimum absolute atomic E-state index is 0.148. The number of carbonyl (C=O) groups is 1. The summed E-state index contributed by atoms with van der Waals surface area (Å²) in [6.07, 6.45) is 0. The average Bonchev–Trinajstić information content (AvgIpc) is 2.86. The molecule has 0 atom stereocenters. The monoisotopic (exact) mass is 532 g/mol. The number of nitrogens with zero attached hydrogens (tertiary/aromatic N) is 2. The van der Waals surface area contributed by atoms with Crippen molar-refractivity contribution in [3.63, 3.8) is 0 Å². The predicted octanol–water partition coefficient (Wildman–Crippen LogP) is 7.53. The molecule has 3 aromatic rings. The molecule has 0 bridgehead atoms. The Morgan fingerprint density at radius 1 is 0.914 bits per heavy atom. The van der Waals surface area contributed by atoms with Crippen molar-refractivity contribution in [2.45, 2.75) is 19.8 Å². The summed E-state index contributed by atoms with van der Waals surface area (Å²) < 4.78 is 11.5. The maximum absolute atomic E-state index is 13.3. The lowest BCUT2D eigenvalue weighted by atomic mass is 10.0. The fraction of sp³-hybridized carbons (Fsp3) is 0.296. The molecule has 0 saturated carbocycles. The summed E-state index contributed by atoms with van der Waals surface area (Å²) in [7, 11) is 1.64. The highest BCUT2D eigenvalue weighted by molar-refractivity contribution is 6.39. The van der Waals surface area contributed by atoms with Crippen LogP contribution in [0.15, 0.2) is 54.6 Å². The fourth-order valence-electron chi connectivity index (χ4n) is 4.13. The SMILES string of the molecule is COc1ccc(Oc2c(Cl)ccc(C(=O)N3CCN(c4ccc(Cl)cc4)CC3)c2Cl)cc1C(C)C. The van der Waals surface area contributed by atoms with Crippen LogP contribution in [0.5, 0.6) is 17.2 Å². The van der Waals surface area contributed by atoms with Crippen LogP contribution >= 0.6 is 34.8 Å². The van der Waals surface area contributed by atoms with E-state index < -0.39 is 0 Å². The van der Waals surface area contributed by atoms with Gasteiger partial charge < -0.3 is 19.3 Å². The third-order valence-electron chi connectivity index (χ3n) is 6.08. The van der Waals surface area contributed by atoms with Gasteiger partial charge in [-0.2, -0.15) is 0 Å². The van der Waals surface area contributed by atoms with Gasteiger partial charge in [-0.05, 0) is 60.5 Å². The number of rotatable bonds is 6. The quantitative estimate of drug-likeness (QED) is 0.328. The van der Waals surface area contributed by atoms with Crippen LogP contribution in [0, 0.1) is 0 Å². The Balaban J connectivity index is 1.51. The normalized spacial score (nSPS) is 13.8. The molecule has 3 aromatic carbocycles. The van der Waals surface area contributed by atoms with Crippen molar-refractivity contribution in [1.82, 2.24) is 4.90 Å². The van der Waals surface area contributed by atoms with E-state index in [0.717, 1.165) is 17.0 Å². The molecule has 1 amide bonds. The number of benzene rings is 3. The largest absolute Gasteiger partial charge is 0.496 e. The minimum atomic E-state index is -0.148. The molecule has 0 spiro atoms. The van der Waals surface area contributed by atoms with Gasteiger partial charge in [0.15, 0.2) is 5.75 Å². The van der Waals surface area contributed by atoms with Crippen LogP contribution in [0.2, 0.25) is 15.1 Å². The molecular weight excluding hydrogens is 507 g/mol. The van der Waals surface area contributed by atoms with Crippen molar-refractivity contribution in [2.24, 2.45) is 0 Å². The van der Waals surface area contributed by atoms with E-state index in [1.54, 1.807) is 30.2 Å². The van der Waals surface area contributed by atoms with Crippen LogP contribution < -0.4 is 14.4 Å². The van der Waals surface area contributed by atoms with Gasteiger partial charge in [-0.25, -0.2) is 0 Å². The second kappa shape index (κ2) is 11.0. The number of amides is 1. The number of anilines is 1. The summed E-state index contributed by atoms with van der Waals surface area (Å²) in [5, 5.41) is 1.23. The fourth-order valence-corrected chi connectivity index (χ4v) is 4.78. The molecule has 0 N–H and O–H groups in total. The maximum Gasteiger partial charge on any atom is 0.255 e. The Kier molecular flexibility index (Phi) is 8.00. The molecule has 0 aliphatic carbocycles. The van der Waals surface area contributed by atoms with Crippen LogP contribution in [0.4, 0.5) is 5.69 Å². The van der Waals surface area contributed by atoms with E-state index in [-0.39, 0.29) is 22.6 Å². The van der Waals surface area contributed by atoms with E-state index in [1.165, 1.54) is 0 Å². The third-order valence-corrected chi connectivity index (χ3v) is 7.01. The lowest BCUT2D eigenvalue weighted by Gasteiger charge is -2.36.